The molecule has 2 rings (SSSR count). The molecule has 0 aromatic carbocycles. The lowest BCUT2D eigenvalue weighted by Gasteiger charge is -2.19. The molecule has 0 aliphatic carbocycles. The quantitative estimate of drug-likeness (QED) is 0.475. The molecule has 2 heterocycles. The summed E-state index contributed by atoms with van der Waals surface area (Å²) in [6.07, 6.45) is 4.31. The van der Waals surface area contributed by atoms with Crippen molar-refractivity contribution in [3.8, 4) is 0 Å². The predicted molar refractivity (Wildman–Crippen MR) is 82.2 cm³/mol. The van der Waals surface area contributed by atoms with Crippen molar-refractivity contribution in [3.63, 3.8) is 0 Å². The highest BCUT2D eigenvalue weighted by atomic mass is 16.6. The van der Waals surface area contributed by atoms with Gasteiger partial charge in [-0.05, 0) is 26.3 Å². The van der Waals surface area contributed by atoms with Crippen LogP contribution in [0, 0.1) is 0 Å². The largest absolute Gasteiger partial charge is 0.459 e. The van der Waals surface area contributed by atoms with Gasteiger partial charge in [0.1, 0.15) is 24.1 Å². The van der Waals surface area contributed by atoms with E-state index in [9.17, 15) is 9.59 Å². The van der Waals surface area contributed by atoms with Crippen LogP contribution in [0.4, 0.5) is 0 Å². The van der Waals surface area contributed by atoms with Crippen molar-refractivity contribution in [1.82, 2.24) is 14.5 Å². The van der Waals surface area contributed by atoms with Crippen LogP contribution in [0.2, 0.25) is 0 Å². The van der Waals surface area contributed by atoms with E-state index < -0.39 is 11.8 Å². The van der Waals surface area contributed by atoms with Gasteiger partial charge in [0.15, 0.2) is 6.23 Å². The average molecular weight is 320 g/mol. The van der Waals surface area contributed by atoms with Crippen molar-refractivity contribution in [1.29, 1.82) is 0 Å². The van der Waals surface area contributed by atoms with Crippen LogP contribution >= 0.6 is 0 Å². The summed E-state index contributed by atoms with van der Waals surface area (Å²) in [5.74, 6) is -0.368. The Kier molecular flexibility index (Phi) is 4.95. The van der Waals surface area contributed by atoms with E-state index in [0.717, 1.165) is 10.9 Å². The van der Waals surface area contributed by atoms with Crippen LogP contribution in [0.25, 0.3) is 11.0 Å². The van der Waals surface area contributed by atoms with Crippen molar-refractivity contribution < 1.29 is 19.1 Å². The van der Waals surface area contributed by atoms with Crippen LogP contribution in [0.3, 0.4) is 0 Å². The van der Waals surface area contributed by atoms with Gasteiger partial charge >= 0.3 is 5.97 Å². The smallest absolute Gasteiger partial charge is 0.326 e. The fourth-order valence-corrected chi connectivity index (χ4v) is 2.23. The third-order valence-corrected chi connectivity index (χ3v) is 2.99. The highest BCUT2D eigenvalue weighted by Crippen LogP contribution is 2.20. The van der Waals surface area contributed by atoms with E-state index in [1.54, 1.807) is 17.0 Å². The third-order valence-electron chi connectivity index (χ3n) is 2.99. The number of hydrogen-bond donors (Lipinski definition) is 1. The van der Waals surface area contributed by atoms with Crippen LogP contribution in [-0.2, 0) is 32.0 Å². The van der Waals surface area contributed by atoms with Crippen LogP contribution < -0.4 is 5.73 Å². The number of nitrogens with two attached hydrogens (primary N) is 1. The second-order valence-corrected chi connectivity index (χ2v) is 6.10. The molecule has 1 unspecified atom stereocenters. The second-order valence-electron chi connectivity index (χ2n) is 6.10. The number of carbonyl (C=O) groups excluding carboxylic acids is 2. The summed E-state index contributed by atoms with van der Waals surface area (Å²) in [5.41, 5.74) is 6.54. The Morgan fingerprint density at radius 3 is 2.87 bits per heavy atom. The van der Waals surface area contributed by atoms with Crippen LogP contribution in [0.1, 0.15) is 26.3 Å². The first-order valence-electron chi connectivity index (χ1n) is 7.14. The van der Waals surface area contributed by atoms with Gasteiger partial charge in [-0.1, -0.05) is 0 Å². The standard InChI is InChI=1S/C15H20N4O4/c1-15(2,3)23-13(21)7-19-6-10(4-12(16)22-9-20)11-5-17-8-18-14(11)19/h5-6,8-9,12H,4,7,16H2,1-3H3. The molecule has 0 aliphatic rings. The molecule has 8 heteroatoms. The maximum Gasteiger partial charge on any atom is 0.326 e. The van der Waals surface area contributed by atoms with E-state index in [2.05, 4.69) is 9.97 Å². The van der Waals surface area contributed by atoms with E-state index in [1.807, 2.05) is 20.8 Å². The molecule has 0 amide bonds. The molecule has 23 heavy (non-hydrogen) atoms. The Morgan fingerprint density at radius 1 is 1.48 bits per heavy atom. The summed E-state index contributed by atoms with van der Waals surface area (Å²) >= 11 is 0. The number of hydrogen-bond acceptors (Lipinski definition) is 7. The van der Waals surface area contributed by atoms with Gasteiger partial charge in [0, 0.05) is 24.2 Å². The zero-order chi connectivity index (χ0) is 17.0. The van der Waals surface area contributed by atoms with Crippen LogP contribution in [-0.4, -0.2) is 38.8 Å². The van der Waals surface area contributed by atoms with Crippen molar-refractivity contribution in [2.24, 2.45) is 5.73 Å². The van der Waals surface area contributed by atoms with E-state index in [0.29, 0.717) is 18.5 Å². The zero-order valence-corrected chi connectivity index (χ0v) is 13.4. The molecular weight excluding hydrogens is 300 g/mol. The maximum atomic E-state index is 12.0. The molecule has 2 N–H and O–H groups in total. The number of nitrogens with zero attached hydrogens (tertiary/aromatic N) is 3. The van der Waals surface area contributed by atoms with Crippen LogP contribution in [0.5, 0.6) is 0 Å². The Hall–Kier alpha value is -2.48. The van der Waals surface area contributed by atoms with Crippen molar-refractivity contribution in [3.05, 3.63) is 24.3 Å². The number of aromatic nitrogens is 3. The molecule has 124 valence electrons. The van der Waals surface area contributed by atoms with Crippen molar-refractivity contribution >= 4 is 23.5 Å². The number of fused-ring (bicyclic) bond motifs is 1. The van der Waals surface area contributed by atoms with E-state index in [4.69, 9.17) is 15.2 Å². The third kappa shape index (κ3) is 4.49. The molecule has 2 aromatic heterocycles. The predicted octanol–water partition coefficient (Wildman–Crippen LogP) is 0.773. The first-order chi connectivity index (χ1) is 10.8. The van der Waals surface area contributed by atoms with Crippen molar-refractivity contribution in [2.75, 3.05) is 0 Å². The lowest BCUT2D eigenvalue weighted by molar-refractivity contribution is -0.155. The Morgan fingerprint density at radius 2 is 2.22 bits per heavy atom. The van der Waals surface area contributed by atoms with Gasteiger partial charge in [0.2, 0.25) is 0 Å². The maximum absolute atomic E-state index is 12.0. The van der Waals surface area contributed by atoms with E-state index in [1.165, 1.54) is 6.33 Å². The first kappa shape index (κ1) is 16.9. The molecule has 0 saturated heterocycles. The normalized spacial score (nSPS) is 12.9. The lowest BCUT2D eigenvalue weighted by Crippen LogP contribution is -2.26. The molecule has 0 spiro atoms. The summed E-state index contributed by atoms with van der Waals surface area (Å²) in [7, 11) is 0. The number of carbonyl (C=O) groups is 2. The second kappa shape index (κ2) is 6.74. The average Bonchev–Trinajstić information content (AvgIpc) is 2.75. The fraction of sp³-hybridized carbons (Fsp3) is 0.467. The SMILES string of the molecule is CC(C)(C)OC(=O)Cn1cc(CC(N)OC=O)c2cncnc21. The summed E-state index contributed by atoms with van der Waals surface area (Å²) in [6.45, 7) is 5.75. The monoisotopic (exact) mass is 320 g/mol. The molecule has 1 atom stereocenters. The molecule has 2 aromatic rings. The molecule has 8 nitrogen and oxygen atoms in total. The highest BCUT2D eigenvalue weighted by Gasteiger charge is 2.19. The van der Waals surface area contributed by atoms with E-state index in [-0.39, 0.29) is 12.5 Å². The molecule has 0 aliphatic heterocycles. The fourth-order valence-electron chi connectivity index (χ4n) is 2.23. The zero-order valence-electron chi connectivity index (χ0n) is 13.4. The molecule has 0 saturated carbocycles. The highest BCUT2D eigenvalue weighted by molar-refractivity contribution is 5.81. The topological polar surface area (TPSA) is 109 Å². The van der Waals surface area contributed by atoms with Gasteiger partial charge < -0.3 is 14.0 Å². The molecule has 0 bridgehead atoms. The Bertz CT molecular complexity index is 705. The first-order valence-corrected chi connectivity index (χ1v) is 7.14. The minimum Gasteiger partial charge on any atom is -0.459 e. The van der Waals surface area contributed by atoms with Gasteiger partial charge in [-0.15, -0.1) is 0 Å². The summed E-state index contributed by atoms with van der Waals surface area (Å²) < 4.78 is 11.7. The number of esters is 1. The Labute approximate surface area is 133 Å². The van der Waals surface area contributed by atoms with E-state index >= 15 is 0 Å². The van der Waals surface area contributed by atoms with Gasteiger partial charge in [0.05, 0.1) is 0 Å². The van der Waals surface area contributed by atoms with Crippen molar-refractivity contribution in [2.45, 2.75) is 45.6 Å². The summed E-state index contributed by atoms with van der Waals surface area (Å²) in [5, 5.41) is 0.751. The Balaban J connectivity index is 2.26. The molecule has 0 fully saturated rings. The van der Waals surface area contributed by atoms with Gasteiger partial charge in [-0.25, -0.2) is 9.97 Å². The molecular formula is C15H20N4O4. The van der Waals surface area contributed by atoms with Crippen LogP contribution in [0.15, 0.2) is 18.7 Å². The number of ether oxygens (including phenoxy) is 2. The summed E-state index contributed by atoms with van der Waals surface area (Å²) in [6, 6.07) is 0. The molecule has 0 radical (unpaired) electrons. The number of rotatable bonds is 6. The minimum atomic E-state index is -0.770. The lowest BCUT2D eigenvalue weighted by atomic mass is 10.2. The minimum absolute atomic E-state index is 0.0224. The summed E-state index contributed by atoms with van der Waals surface area (Å²) in [4.78, 5) is 30.6. The van der Waals surface area contributed by atoms with Gasteiger partial charge in [-0.2, -0.15) is 0 Å². The van der Waals surface area contributed by atoms with Gasteiger partial charge in [-0.3, -0.25) is 15.3 Å². The van der Waals surface area contributed by atoms with Gasteiger partial charge in [0.25, 0.3) is 6.47 Å².